The molecule has 0 bridgehead atoms. The molecule has 0 saturated heterocycles. The molecule has 6 heteroatoms. The van der Waals surface area contributed by atoms with Crippen LogP contribution in [0.4, 0.5) is 5.69 Å². The standard InChI is InChI=1S/C18H17ClN2O3/c1-11-16(18(22)23)20-21(15-6-4-3-5-14(15)19)17(11)12-7-9-13(24-2)10-8-12/h3-11,17H,1-2H3,(H,22,23)/t11-,17+/m0/s1. The molecular weight excluding hydrogens is 328 g/mol. The molecule has 1 heterocycles. The zero-order valence-corrected chi connectivity index (χ0v) is 14.1. The Bertz CT molecular complexity index is 789. The van der Waals surface area contributed by atoms with Gasteiger partial charge in [-0.25, -0.2) is 4.79 Å². The molecule has 0 aromatic heterocycles. The van der Waals surface area contributed by atoms with E-state index in [0.29, 0.717) is 10.7 Å². The van der Waals surface area contributed by atoms with Crippen molar-refractivity contribution in [3.8, 4) is 5.75 Å². The molecule has 0 unspecified atom stereocenters. The molecule has 2 aromatic rings. The molecule has 124 valence electrons. The summed E-state index contributed by atoms with van der Waals surface area (Å²) in [5, 5.41) is 16.0. The van der Waals surface area contributed by atoms with E-state index >= 15 is 0 Å². The Morgan fingerprint density at radius 3 is 2.46 bits per heavy atom. The molecule has 1 aliphatic heterocycles. The number of nitrogens with zero attached hydrogens (tertiary/aromatic N) is 2. The smallest absolute Gasteiger partial charge is 0.352 e. The number of hydrogen-bond donors (Lipinski definition) is 1. The Morgan fingerprint density at radius 2 is 1.88 bits per heavy atom. The van der Waals surface area contributed by atoms with Crippen LogP contribution in [0.25, 0.3) is 0 Å². The van der Waals surface area contributed by atoms with Crippen molar-refractivity contribution in [2.75, 3.05) is 12.1 Å². The minimum Gasteiger partial charge on any atom is -0.497 e. The van der Waals surface area contributed by atoms with Crippen LogP contribution in [0, 0.1) is 5.92 Å². The largest absolute Gasteiger partial charge is 0.497 e. The zero-order valence-electron chi connectivity index (χ0n) is 13.3. The molecule has 5 nitrogen and oxygen atoms in total. The van der Waals surface area contributed by atoms with E-state index in [4.69, 9.17) is 16.3 Å². The maximum absolute atomic E-state index is 11.5. The first-order valence-electron chi connectivity index (χ1n) is 7.52. The number of carboxylic acids is 1. The number of rotatable bonds is 4. The summed E-state index contributed by atoms with van der Waals surface area (Å²) < 4.78 is 5.19. The molecule has 3 rings (SSSR count). The predicted octanol–water partition coefficient (Wildman–Crippen LogP) is 3.99. The number of anilines is 1. The number of benzene rings is 2. The van der Waals surface area contributed by atoms with Crippen molar-refractivity contribution in [1.82, 2.24) is 0 Å². The summed E-state index contributed by atoms with van der Waals surface area (Å²) >= 11 is 6.30. The maximum Gasteiger partial charge on any atom is 0.352 e. The van der Waals surface area contributed by atoms with E-state index in [-0.39, 0.29) is 17.7 Å². The summed E-state index contributed by atoms with van der Waals surface area (Å²) in [7, 11) is 1.61. The van der Waals surface area contributed by atoms with Crippen LogP contribution in [0.2, 0.25) is 5.02 Å². The summed E-state index contributed by atoms with van der Waals surface area (Å²) in [6.07, 6.45) is 0. The van der Waals surface area contributed by atoms with Crippen molar-refractivity contribution in [3.05, 3.63) is 59.1 Å². The number of carboxylic acid groups (broad SMARTS) is 1. The van der Waals surface area contributed by atoms with E-state index in [0.717, 1.165) is 11.3 Å². The zero-order chi connectivity index (χ0) is 17.3. The molecule has 1 N–H and O–H groups in total. The van der Waals surface area contributed by atoms with Crippen LogP contribution in [0.1, 0.15) is 18.5 Å². The van der Waals surface area contributed by atoms with Crippen LogP contribution >= 0.6 is 11.6 Å². The van der Waals surface area contributed by atoms with Gasteiger partial charge in [-0.1, -0.05) is 42.8 Å². The van der Waals surface area contributed by atoms with Gasteiger partial charge < -0.3 is 9.84 Å². The van der Waals surface area contributed by atoms with Crippen LogP contribution in [-0.4, -0.2) is 23.9 Å². The van der Waals surface area contributed by atoms with Crippen molar-refractivity contribution >= 4 is 29.0 Å². The molecule has 2 atom stereocenters. The highest BCUT2D eigenvalue weighted by Crippen LogP contribution is 2.41. The first-order chi connectivity index (χ1) is 11.5. The number of carbonyl (C=O) groups is 1. The second-order valence-corrected chi connectivity index (χ2v) is 6.00. The number of aliphatic carboxylic acids is 1. The van der Waals surface area contributed by atoms with Crippen LogP contribution in [0.15, 0.2) is 53.6 Å². The average Bonchev–Trinajstić information content (AvgIpc) is 2.93. The summed E-state index contributed by atoms with van der Waals surface area (Å²) in [6.45, 7) is 1.86. The lowest BCUT2D eigenvalue weighted by Gasteiger charge is -2.27. The summed E-state index contributed by atoms with van der Waals surface area (Å²) in [6, 6.07) is 14.6. The minimum absolute atomic E-state index is 0.121. The van der Waals surface area contributed by atoms with Crippen molar-refractivity contribution < 1.29 is 14.6 Å². The van der Waals surface area contributed by atoms with Crippen LogP contribution in [-0.2, 0) is 4.79 Å². The molecule has 0 radical (unpaired) electrons. The number of halogens is 1. The molecule has 0 spiro atoms. The Morgan fingerprint density at radius 1 is 1.21 bits per heavy atom. The second-order valence-electron chi connectivity index (χ2n) is 5.59. The third-order valence-electron chi connectivity index (χ3n) is 4.16. The van der Waals surface area contributed by atoms with Crippen LogP contribution < -0.4 is 9.75 Å². The van der Waals surface area contributed by atoms with E-state index in [1.54, 1.807) is 18.2 Å². The first kappa shape index (κ1) is 16.3. The van der Waals surface area contributed by atoms with Crippen molar-refractivity contribution in [1.29, 1.82) is 0 Å². The SMILES string of the molecule is COc1ccc([C@H]2[C@@H](C)C(C(=O)O)=NN2c2ccccc2Cl)cc1. The third kappa shape index (κ3) is 2.83. The lowest BCUT2D eigenvalue weighted by atomic mass is 9.91. The lowest BCUT2D eigenvalue weighted by molar-refractivity contribution is -0.129. The van der Waals surface area contributed by atoms with Crippen molar-refractivity contribution in [2.24, 2.45) is 11.0 Å². The van der Waals surface area contributed by atoms with Gasteiger partial charge in [0.1, 0.15) is 5.75 Å². The topological polar surface area (TPSA) is 62.1 Å². The summed E-state index contributed by atoms with van der Waals surface area (Å²) in [4.78, 5) is 11.5. The normalized spacial score (nSPS) is 20.0. The van der Waals surface area contributed by atoms with Gasteiger partial charge in [0, 0.05) is 5.92 Å². The fourth-order valence-electron chi connectivity index (χ4n) is 2.94. The van der Waals surface area contributed by atoms with Gasteiger partial charge in [-0.2, -0.15) is 5.10 Å². The Hall–Kier alpha value is -2.53. The van der Waals surface area contributed by atoms with E-state index in [1.165, 1.54) is 0 Å². The number of methoxy groups -OCH3 is 1. The molecule has 1 aliphatic rings. The maximum atomic E-state index is 11.5. The molecule has 24 heavy (non-hydrogen) atoms. The third-order valence-corrected chi connectivity index (χ3v) is 4.48. The predicted molar refractivity (Wildman–Crippen MR) is 93.9 cm³/mol. The molecule has 2 aromatic carbocycles. The number of hydrogen-bond acceptors (Lipinski definition) is 4. The van der Waals surface area contributed by atoms with Gasteiger partial charge in [0.25, 0.3) is 0 Å². The molecular formula is C18H17ClN2O3. The fourth-order valence-corrected chi connectivity index (χ4v) is 3.16. The van der Waals surface area contributed by atoms with Gasteiger partial charge in [0.15, 0.2) is 5.71 Å². The van der Waals surface area contributed by atoms with Gasteiger partial charge in [-0.05, 0) is 29.8 Å². The van der Waals surface area contributed by atoms with E-state index in [2.05, 4.69) is 5.10 Å². The van der Waals surface area contributed by atoms with Gasteiger partial charge >= 0.3 is 5.97 Å². The lowest BCUT2D eigenvalue weighted by Crippen LogP contribution is -2.26. The molecule has 0 amide bonds. The average molecular weight is 345 g/mol. The van der Waals surface area contributed by atoms with Gasteiger partial charge in [0.2, 0.25) is 0 Å². The number of ether oxygens (including phenoxy) is 1. The van der Waals surface area contributed by atoms with Crippen molar-refractivity contribution in [2.45, 2.75) is 13.0 Å². The van der Waals surface area contributed by atoms with Crippen LogP contribution in [0.3, 0.4) is 0 Å². The highest BCUT2D eigenvalue weighted by molar-refractivity contribution is 6.38. The summed E-state index contributed by atoms with van der Waals surface area (Å²) in [5.41, 5.74) is 1.75. The number of para-hydroxylation sites is 1. The monoisotopic (exact) mass is 344 g/mol. The quantitative estimate of drug-likeness (QED) is 0.911. The molecule has 0 fully saturated rings. The Labute approximate surface area is 145 Å². The second kappa shape index (κ2) is 6.53. The Kier molecular flexibility index (Phi) is 4.44. The van der Waals surface area contributed by atoms with E-state index in [9.17, 15) is 9.90 Å². The molecule has 0 saturated carbocycles. The van der Waals surface area contributed by atoms with Crippen molar-refractivity contribution in [3.63, 3.8) is 0 Å². The first-order valence-corrected chi connectivity index (χ1v) is 7.90. The minimum atomic E-state index is -1.02. The fraction of sp³-hybridized carbons (Fsp3) is 0.222. The molecule has 0 aliphatic carbocycles. The number of hydrazone groups is 1. The van der Waals surface area contributed by atoms with Crippen LogP contribution in [0.5, 0.6) is 5.75 Å². The van der Waals surface area contributed by atoms with E-state index < -0.39 is 5.97 Å². The van der Waals surface area contributed by atoms with Gasteiger partial charge in [-0.3, -0.25) is 5.01 Å². The van der Waals surface area contributed by atoms with Gasteiger partial charge in [0.05, 0.1) is 23.9 Å². The highest BCUT2D eigenvalue weighted by Gasteiger charge is 2.39. The highest BCUT2D eigenvalue weighted by atomic mass is 35.5. The van der Waals surface area contributed by atoms with Gasteiger partial charge in [-0.15, -0.1) is 0 Å². The van der Waals surface area contributed by atoms with E-state index in [1.807, 2.05) is 49.4 Å². The Balaban J connectivity index is 2.07. The summed E-state index contributed by atoms with van der Waals surface area (Å²) in [5.74, 6) is -0.559.